The lowest BCUT2D eigenvalue weighted by Crippen LogP contribution is -2.48. The largest absolute Gasteiger partial charge is 0.466 e. The van der Waals surface area contributed by atoms with Crippen LogP contribution in [0.1, 0.15) is 72.1 Å². The molecule has 1 saturated carbocycles. The fraction of sp³-hybridized carbons (Fsp3) is 0.842. The van der Waals surface area contributed by atoms with Gasteiger partial charge in [-0.3, -0.25) is 9.59 Å². The van der Waals surface area contributed by atoms with Gasteiger partial charge >= 0.3 is 11.9 Å². The zero-order valence-electron chi connectivity index (χ0n) is 15.3. The molecule has 2 atom stereocenters. The highest BCUT2D eigenvalue weighted by molar-refractivity contribution is 5.88. The van der Waals surface area contributed by atoms with Crippen LogP contribution in [-0.2, 0) is 19.1 Å². The van der Waals surface area contributed by atoms with Crippen molar-refractivity contribution in [3.63, 3.8) is 0 Å². The van der Waals surface area contributed by atoms with Crippen molar-refractivity contribution in [3.8, 4) is 6.07 Å². The van der Waals surface area contributed by atoms with Gasteiger partial charge in [-0.1, -0.05) is 39.0 Å². The number of rotatable bonds is 10. The number of hydrogen-bond acceptors (Lipinski definition) is 5. The summed E-state index contributed by atoms with van der Waals surface area (Å²) < 4.78 is 10.5. The van der Waals surface area contributed by atoms with Crippen LogP contribution in [0.3, 0.4) is 0 Å². The van der Waals surface area contributed by atoms with Crippen LogP contribution in [0.5, 0.6) is 0 Å². The molecular formula is C19H31NO4. The van der Waals surface area contributed by atoms with Crippen LogP contribution in [-0.4, -0.2) is 25.2 Å². The van der Waals surface area contributed by atoms with E-state index in [4.69, 9.17) is 9.47 Å². The summed E-state index contributed by atoms with van der Waals surface area (Å²) in [4.78, 5) is 25.4. The van der Waals surface area contributed by atoms with Gasteiger partial charge in [0.1, 0.15) is 0 Å². The third-order valence-corrected chi connectivity index (χ3v) is 5.01. The normalized spacial score (nSPS) is 18.4. The number of hydrogen-bond donors (Lipinski definition) is 0. The van der Waals surface area contributed by atoms with Crippen molar-refractivity contribution >= 4 is 11.9 Å². The first-order chi connectivity index (χ1) is 11.6. The maximum atomic E-state index is 12.8. The Morgan fingerprint density at radius 1 is 1.12 bits per heavy atom. The van der Waals surface area contributed by atoms with Gasteiger partial charge in [0.05, 0.1) is 25.2 Å². The molecule has 0 aromatic rings. The van der Waals surface area contributed by atoms with E-state index in [1.165, 1.54) is 0 Å². The number of nitrogens with zero attached hydrogens (tertiary/aromatic N) is 1. The minimum Gasteiger partial charge on any atom is -0.466 e. The number of nitriles is 1. The zero-order valence-corrected chi connectivity index (χ0v) is 15.3. The molecule has 1 rings (SSSR count). The Hall–Kier alpha value is -1.57. The SMILES string of the molecule is CCCCCC(C(=O)OCC)C(C#N)(C(=O)OCC)C1CCCC1. The molecule has 136 valence electrons. The second-order valence-corrected chi connectivity index (χ2v) is 6.48. The van der Waals surface area contributed by atoms with E-state index >= 15 is 0 Å². The van der Waals surface area contributed by atoms with Gasteiger partial charge in [0, 0.05) is 0 Å². The lowest BCUT2D eigenvalue weighted by molar-refractivity contribution is -0.169. The average molecular weight is 337 g/mol. The van der Waals surface area contributed by atoms with Gasteiger partial charge in [-0.2, -0.15) is 5.26 Å². The third kappa shape index (κ3) is 4.49. The summed E-state index contributed by atoms with van der Waals surface area (Å²) >= 11 is 0. The number of esters is 2. The van der Waals surface area contributed by atoms with E-state index in [2.05, 4.69) is 13.0 Å². The van der Waals surface area contributed by atoms with Crippen LogP contribution in [0, 0.1) is 28.6 Å². The molecule has 0 spiro atoms. The van der Waals surface area contributed by atoms with Crippen LogP contribution >= 0.6 is 0 Å². The highest BCUT2D eigenvalue weighted by atomic mass is 16.5. The Morgan fingerprint density at radius 3 is 2.25 bits per heavy atom. The maximum Gasteiger partial charge on any atom is 0.327 e. The van der Waals surface area contributed by atoms with Gasteiger partial charge in [-0.25, -0.2) is 0 Å². The molecule has 0 saturated heterocycles. The molecule has 5 nitrogen and oxygen atoms in total. The summed E-state index contributed by atoms with van der Waals surface area (Å²) in [6.45, 7) is 6.01. The molecule has 2 unspecified atom stereocenters. The lowest BCUT2D eigenvalue weighted by atomic mass is 9.65. The zero-order chi connectivity index (χ0) is 18.0. The number of carbonyl (C=O) groups excluding carboxylic acids is 2. The van der Waals surface area contributed by atoms with Crippen molar-refractivity contribution < 1.29 is 19.1 Å². The number of carbonyl (C=O) groups is 2. The smallest absolute Gasteiger partial charge is 0.327 e. The van der Waals surface area contributed by atoms with Crippen LogP contribution in [0.4, 0.5) is 0 Å². The molecule has 0 N–H and O–H groups in total. The Bertz CT molecular complexity index is 451. The van der Waals surface area contributed by atoms with E-state index in [0.29, 0.717) is 6.42 Å². The molecule has 0 amide bonds. The van der Waals surface area contributed by atoms with Crippen molar-refractivity contribution in [2.75, 3.05) is 13.2 Å². The minimum absolute atomic E-state index is 0.127. The molecule has 0 aliphatic heterocycles. The first-order valence-electron chi connectivity index (χ1n) is 9.33. The van der Waals surface area contributed by atoms with Crippen molar-refractivity contribution in [1.82, 2.24) is 0 Å². The molecule has 24 heavy (non-hydrogen) atoms. The average Bonchev–Trinajstić information content (AvgIpc) is 3.10. The predicted molar refractivity (Wildman–Crippen MR) is 90.9 cm³/mol. The van der Waals surface area contributed by atoms with Crippen LogP contribution in [0.15, 0.2) is 0 Å². The maximum absolute atomic E-state index is 12.8. The van der Waals surface area contributed by atoms with Gasteiger partial charge in [-0.15, -0.1) is 0 Å². The summed E-state index contributed by atoms with van der Waals surface area (Å²) in [7, 11) is 0. The minimum atomic E-state index is -1.41. The molecule has 0 aromatic heterocycles. The highest BCUT2D eigenvalue weighted by Crippen LogP contribution is 2.48. The summed E-state index contributed by atoms with van der Waals surface area (Å²) in [5.41, 5.74) is -1.41. The van der Waals surface area contributed by atoms with Crippen molar-refractivity contribution in [3.05, 3.63) is 0 Å². The lowest BCUT2D eigenvalue weighted by Gasteiger charge is -2.36. The predicted octanol–water partition coefficient (Wildman–Crippen LogP) is 4.01. The van der Waals surface area contributed by atoms with E-state index in [1.807, 2.05) is 0 Å². The van der Waals surface area contributed by atoms with E-state index in [9.17, 15) is 14.9 Å². The number of unbranched alkanes of at least 4 members (excludes halogenated alkanes) is 2. The topological polar surface area (TPSA) is 76.4 Å². The van der Waals surface area contributed by atoms with Gasteiger partial charge in [0.2, 0.25) is 0 Å². The molecule has 5 heteroatoms. The first kappa shape index (κ1) is 20.5. The molecule has 1 aliphatic rings. The van der Waals surface area contributed by atoms with Gasteiger partial charge in [-0.05, 0) is 39.0 Å². The van der Waals surface area contributed by atoms with E-state index in [0.717, 1.165) is 44.9 Å². The summed E-state index contributed by atoms with van der Waals surface area (Å²) in [6.07, 6.45) is 6.82. The highest BCUT2D eigenvalue weighted by Gasteiger charge is 2.56. The summed E-state index contributed by atoms with van der Waals surface area (Å²) in [5, 5.41) is 10.0. The Labute approximate surface area is 145 Å². The van der Waals surface area contributed by atoms with Crippen LogP contribution in [0.25, 0.3) is 0 Å². The second-order valence-electron chi connectivity index (χ2n) is 6.48. The van der Waals surface area contributed by atoms with Gasteiger partial charge < -0.3 is 9.47 Å². The van der Waals surface area contributed by atoms with Crippen molar-refractivity contribution in [1.29, 1.82) is 5.26 Å². The van der Waals surface area contributed by atoms with E-state index in [-0.39, 0.29) is 19.1 Å². The van der Waals surface area contributed by atoms with Gasteiger partial charge in [0.15, 0.2) is 5.41 Å². The van der Waals surface area contributed by atoms with E-state index in [1.54, 1.807) is 13.8 Å². The Balaban J connectivity index is 3.23. The van der Waals surface area contributed by atoms with Crippen LogP contribution in [0.2, 0.25) is 0 Å². The molecular weight excluding hydrogens is 306 g/mol. The van der Waals surface area contributed by atoms with E-state index < -0.39 is 23.3 Å². The molecule has 0 bridgehead atoms. The Kier molecular flexibility index (Phi) is 8.81. The molecule has 0 aromatic carbocycles. The first-order valence-corrected chi connectivity index (χ1v) is 9.33. The van der Waals surface area contributed by atoms with Crippen molar-refractivity contribution in [2.45, 2.75) is 72.1 Å². The molecule has 0 radical (unpaired) electrons. The fourth-order valence-corrected chi connectivity index (χ4v) is 3.81. The van der Waals surface area contributed by atoms with Gasteiger partial charge in [0.25, 0.3) is 0 Å². The molecule has 1 aliphatic carbocycles. The summed E-state index contributed by atoms with van der Waals surface area (Å²) in [6, 6.07) is 2.23. The standard InChI is InChI=1S/C19H31NO4/c1-4-7-8-13-16(17(21)23-5-2)19(14-20,18(22)24-6-3)15-11-9-10-12-15/h15-16H,4-13H2,1-3H3. The summed E-state index contributed by atoms with van der Waals surface area (Å²) in [5.74, 6) is -1.85. The quantitative estimate of drug-likeness (QED) is 0.445. The monoisotopic (exact) mass is 337 g/mol. The Morgan fingerprint density at radius 2 is 1.75 bits per heavy atom. The fourth-order valence-electron chi connectivity index (χ4n) is 3.81. The molecule has 1 fully saturated rings. The van der Waals surface area contributed by atoms with Crippen LogP contribution < -0.4 is 0 Å². The van der Waals surface area contributed by atoms with Crippen molar-refractivity contribution in [2.24, 2.45) is 17.3 Å². The number of ether oxygens (including phenoxy) is 2. The third-order valence-electron chi connectivity index (χ3n) is 5.01. The second kappa shape index (κ2) is 10.3. The molecule has 0 heterocycles.